The van der Waals surface area contributed by atoms with Gasteiger partial charge >= 0.3 is 0 Å². The molecule has 1 aromatic heterocycles. The quantitative estimate of drug-likeness (QED) is 0.528. The summed E-state index contributed by atoms with van der Waals surface area (Å²) in [6, 6.07) is 18.5. The molecule has 0 fully saturated rings. The molecule has 1 amide bonds. The van der Waals surface area contributed by atoms with Gasteiger partial charge < -0.3 is 20.9 Å². The number of rotatable bonds is 5. The molecule has 0 aliphatic heterocycles. The molecule has 7 heteroatoms. The van der Waals surface area contributed by atoms with Crippen LogP contribution >= 0.6 is 0 Å². The highest BCUT2D eigenvalue weighted by Crippen LogP contribution is 2.35. The monoisotopic (exact) mass is 400 g/mol. The van der Waals surface area contributed by atoms with Crippen molar-refractivity contribution in [1.82, 2.24) is 9.97 Å². The summed E-state index contributed by atoms with van der Waals surface area (Å²) < 4.78 is 10.7. The summed E-state index contributed by atoms with van der Waals surface area (Å²) in [5.74, 6) is 0.999. The van der Waals surface area contributed by atoms with Crippen LogP contribution in [0.2, 0.25) is 0 Å². The summed E-state index contributed by atoms with van der Waals surface area (Å²) in [6.07, 6.45) is 0. The fourth-order valence-electron chi connectivity index (χ4n) is 3.35. The van der Waals surface area contributed by atoms with Crippen LogP contribution in [0, 0.1) is 0 Å². The molecule has 150 valence electrons. The Morgan fingerprint density at radius 3 is 2.10 bits per heavy atom. The molecule has 0 radical (unpaired) electrons. The first kappa shape index (κ1) is 19.2. The van der Waals surface area contributed by atoms with Crippen molar-refractivity contribution in [1.29, 1.82) is 0 Å². The van der Waals surface area contributed by atoms with Crippen LogP contribution in [0.4, 0.5) is 5.95 Å². The Bertz CT molecular complexity index is 1250. The Morgan fingerprint density at radius 1 is 0.800 bits per heavy atom. The highest BCUT2D eigenvalue weighted by atomic mass is 16.5. The lowest BCUT2D eigenvalue weighted by Gasteiger charge is -2.12. The number of hydrogen-bond donors (Lipinski definition) is 2. The van der Waals surface area contributed by atoms with Crippen molar-refractivity contribution in [3.05, 3.63) is 66.2 Å². The SMILES string of the molecule is COc1ccc(-c2ccc3nc(N)nc(-c4ccc(C(N)=O)cc4)c3c2)cc1OC. The van der Waals surface area contributed by atoms with E-state index in [-0.39, 0.29) is 5.95 Å². The third kappa shape index (κ3) is 3.48. The number of aromatic nitrogens is 2. The van der Waals surface area contributed by atoms with Crippen LogP contribution < -0.4 is 20.9 Å². The fraction of sp³-hybridized carbons (Fsp3) is 0.0870. The number of carbonyl (C=O) groups is 1. The number of hydrogen-bond acceptors (Lipinski definition) is 6. The summed E-state index contributed by atoms with van der Waals surface area (Å²) in [5, 5.41) is 0.836. The van der Waals surface area contributed by atoms with E-state index in [1.54, 1.807) is 38.5 Å². The molecule has 4 rings (SSSR count). The average Bonchev–Trinajstić information content (AvgIpc) is 2.77. The molecule has 4 N–H and O–H groups in total. The molecule has 0 aliphatic carbocycles. The highest BCUT2D eigenvalue weighted by molar-refractivity contribution is 5.97. The Balaban J connectivity index is 1.87. The van der Waals surface area contributed by atoms with Crippen molar-refractivity contribution in [3.63, 3.8) is 0 Å². The van der Waals surface area contributed by atoms with Crippen molar-refractivity contribution in [2.24, 2.45) is 5.73 Å². The van der Waals surface area contributed by atoms with Gasteiger partial charge in [-0.15, -0.1) is 0 Å². The van der Waals surface area contributed by atoms with Crippen molar-refractivity contribution in [2.45, 2.75) is 0 Å². The van der Waals surface area contributed by atoms with Crippen LogP contribution in [0.3, 0.4) is 0 Å². The van der Waals surface area contributed by atoms with Gasteiger partial charge in [-0.3, -0.25) is 4.79 Å². The number of carbonyl (C=O) groups excluding carboxylic acids is 1. The molecule has 30 heavy (non-hydrogen) atoms. The maximum atomic E-state index is 11.4. The first-order valence-corrected chi connectivity index (χ1v) is 9.20. The Hall–Kier alpha value is -4.13. The van der Waals surface area contributed by atoms with Gasteiger partial charge in [0.1, 0.15) is 0 Å². The zero-order valence-electron chi connectivity index (χ0n) is 16.5. The summed E-state index contributed by atoms with van der Waals surface area (Å²) in [4.78, 5) is 20.2. The molecule has 0 atom stereocenters. The number of nitrogens with two attached hydrogens (primary N) is 2. The van der Waals surface area contributed by atoms with Crippen molar-refractivity contribution < 1.29 is 14.3 Å². The van der Waals surface area contributed by atoms with Gasteiger partial charge in [-0.2, -0.15) is 0 Å². The van der Waals surface area contributed by atoms with Gasteiger partial charge in [0.2, 0.25) is 11.9 Å². The summed E-state index contributed by atoms with van der Waals surface area (Å²) in [5.41, 5.74) is 15.8. The standard InChI is InChI=1S/C23H20N4O3/c1-29-19-10-8-16(12-20(19)30-2)15-7-9-18-17(11-15)21(27-23(25)26-18)13-3-5-14(6-4-13)22(24)28/h3-12H,1-2H3,(H2,24,28)(H2,25,26,27). The van der Waals surface area contributed by atoms with E-state index in [1.165, 1.54) is 0 Å². The zero-order valence-corrected chi connectivity index (χ0v) is 16.5. The molecule has 4 aromatic rings. The predicted molar refractivity (Wildman–Crippen MR) is 116 cm³/mol. The molecule has 3 aromatic carbocycles. The largest absolute Gasteiger partial charge is 0.493 e. The van der Waals surface area contributed by atoms with E-state index >= 15 is 0 Å². The second kappa shape index (κ2) is 7.71. The van der Waals surface area contributed by atoms with Gasteiger partial charge in [0.05, 0.1) is 25.4 Å². The smallest absolute Gasteiger partial charge is 0.248 e. The van der Waals surface area contributed by atoms with E-state index in [9.17, 15) is 4.79 Å². The molecule has 7 nitrogen and oxygen atoms in total. The molecule has 0 saturated heterocycles. The first-order valence-electron chi connectivity index (χ1n) is 9.20. The maximum Gasteiger partial charge on any atom is 0.248 e. The number of amides is 1. The number of nitrogen functional groups attached to an aromatic ring is 1. The molecule has 1 heterocycles. The second-order valence-electron chi connectivity index (χ2n) is 6.67. The second-order valence-corrected chi connectivity index (χ2v) is 6.67. The van der Waals surface area contributed by atoms with Gasteiger partial charge in [-0.1, -0.05) is 24.3 Å². The van der Waals surface area contributed by atoms with E-state index in [0.717, 1.165) is 27.6 Å². The maximum absolute atomic E-state index is 11.4. The Labute approximate surface area is 173 Å². The minimum Gasteiger partial charge on any atom is -0.493 e. The Kier molecular flexibility index (Phi) is 4.93. The number of nitrogens with zero attached hydrogens (tertiary/aromatic N) is 2. The number of benzene rings is 3. The third-order valence-electron chi connectivity index (χ3n) is 4.87. The predicted octanol–water partition coefficient (Wildman–Crippen LogP) is 3.66. The average molecular weight is 400 g/mol. The number of anilines is 1. The van der Waals surface area contributed by atoms with Gasteiger partial charge in [-0.05, 0) is 47.5 Å². The van der Waals surface area contributed by atoms with Crippen LogP contribution in [0.1, 0.15) is 10.4 Å². The third-order valence-corrected chi connectivity index (χ3v) is 4.87. The van der Waals surface area contributed by atoms with Gasteiger partial charge in [-0.25, -0.2) is 9.97 Å². The molecule has 0 aliphatic rings. The summed E-state index contributed by atoms with van der Waals surface area (Å²) in [6.45, 7) is 0. The van der Waals surface area contributed by atoms with E-state index in [2.05, 4.69) is 9.97 Å². The molecule has 0 unspecified atom stereocenters. The lowest BCUT2D eigenvalue weighted by molar-refractivity contribution is 0.100. The van der Waals surface area contributed by atoms with Crippen LogP contribution in [0.25, 0.3) is 33.3 Å². The van der Waals surface area contributed by atoms with Crippen molar-refractivity contribution >= 4 is 22.8 Å². The zero-order chi connectivity index (χ0) is 21.3. The number of ether oxygens (including phenoxy) is 2. The lowest BCUT2D eigenvalue weighted by atomic mass is 9.99. The topological polar surface area (TPSA) is 113 Å². The van der Waals surface area contributed by atoms with E-state index in [0.29, 0.717) is 22.8 Å². The van der Waals surface area contributed by atoms with Crippen LogP contribution in [0.5, 0.6) is 11.5 Å². The lowest BCUT2D eigenvalue weighted by Crippen LogP contribution is -2.10. The van der Waals surface area contributed by atoms with Gasteiger partial charge in [0, 0.05) is 16.5 Å². The van der Waals surface area contributed by atoms with Crippen molar-refractivity contribution in [2.75, 3.05) is 20.0 Å². The molecule has 0 bridgehead atoms. The van der Waals surface area contributed by atoms with E-state index in [4.69, 9.17) is 20.9 Å². The number of methoxy groups -OCH3 is 2. The minimum absolute atomic E-state index is 0.176. The normalized spacial score (nSPS) is 10.7. The number of fused-ring (bicyclic) bond motifs is 1. The van der Waals surface area contributed by atoms with Gasteiger partial charge in [0.25, 0.3) is 0 Å². The number of primary amides is 1. The van der Waals surface area contributed by atoms with Crippen LogP contribution in [-0.2, 0) is 0 Å². The Morgan fingerprint density at radius 2 is 1.43 bits per heavy atom. The van der Waals surface area contributed by atoms with Gasteiger partial charge in [0.15, 0.2) is 11.5 Å². The molecular weight excluding hydrogens is 380 g/mol. The fourth-order valence-corrected chi connectivity index (χ4v) is 3.35. The van der Waals surface area contributed by atoms with Crippen LogP contribution in [-0.4, -0.2) is 30.1 Å². The summed E-state index contributed by atoms with van der Waals surface area (Å²) >= 11 is 0. The highest BCUT2D eigenvalue weighted by Gasteiger charge is 2.12. The van der Waals surface area contributed by atoms with E-state index < -0.39 is 5.91 Å². The van der Waals surface area contributed by atoms with E-state index in [1.807, 2.05) is 36.4 Å². The van der Waals surface area contributed by atoms with Crippen molar-refractivity contribution in [3.8, 4) is 33.9 Å². The summed E-state index contributed by atoms with van der Waals surface area (Å²) in [7, 11) is 3.21. The minimum atomic E-state index is -0.482. The molecular formula is C23H20N4O3. The molecule has 0 spiro atoms. The molecule has 0 saturated carbocycles. The first-order chi connectivity index (χ1) is 14.5. The van der Waals surface area contributed by atoms with Crippen LogP contribution in [0.15, 0.2) is 60.7 Å².